The number of hydrogen-bond donors (Lipinski definition) is 0. The van der Waals surface area contributed by atoms with Crippen LogP contribution < -0.4 is 0 Å². The molecular formula is C12H21NO2S. The van der Waals surface area contributed by atoms with Crippen molar-refractivity contribution in [1.82, 2.24) is 4.31 Å². The molecule has 0 aromatic rings. The van der Waals surface area contributed by atoms with E-state index in [1.807, 2.05) is 4.31 Å². The second kappa shape index (κ2) is 6.52. The van der Waals surface area contributed by atoms with Crippen molar-refractivity contribution in [1.29, 1.82) is 0 Å². The topological polar surface area (TPSA) is 29.5 Å². The standard InChI is InChI=1S/C12H21NO2S/c14-16(13-7-9-15-10-8-13)11-6-12-4-2-1-3-5-12/h6H,1-5,7-11H2. The SMILES string of the molecule is O=S(CC=C1CCCCC1)N1CCOCC1. The summed E-state index contributed by atoms with van der Waals surface area (Å²) in [6.45, 7) is 3.08. The first-order valence-electron chi connectivity index (χ1n) is 6.25. The van der Waals surface area contributed by atoms with E-state index in [1.54, 1.807) is 0 Å². The van der Waals surface area contributed by atoms with Crippen LogP contribution in [-0.4, -0.2) is 40.6 Å². The largest absolute Gasteiger partial charge is 0.379 e. The Morgan fingerprint density at radius 1 is 1.19 bits per heavy atom. The van der Waals surface area contributed by atoms with Gasteiger partial charge in [0, 0.05) is 13.1 Å². The minimum Gasteiger partial charge on any atom is -0.379 e. The van der Waals surface area contributed by atoms with Gasteiger partial charge >= 0.3 is 0 Å². The second-order valence-corrected chi connectivity index (χ2v) is 5.95. The minimum atomic E-state index is -0.831. The maximum absolute atomic E-state index is 12.0. The van der Waals surface area contributed by atoms with Crippen molar-refractivity contribution < 1.29 is 8.95 Å². The van der Waals surface area contributed by atoms with Gasteiger partial charge in [-0.25, -0.2) is 8.51 Å². The van der Waals surface area contributed by atoms with Crippen LogP contribution >= 0.6 is 0 Å². The van der Waals surface area contributed by atoms with Crippen LogP contribution in [-0.2, 0) is 15.7 Å². The number of rotatable bonds is 3. The van der Waals surface area contributed by atoms with Gasteiger partial charge in [-0.3, -0.25) is 0 Å². The minimum absolute atomic E-state index is 0.704. The Morgan fingerprint density at radius 2 is 1.88 bits per heavy atom. The van der Waals surface area contributed by atoms with E-state index in [9.17, 15) is 4.21 Å². The first-order valence-corrected chi connectivity index (χ1v) is 7.53. The van der Waals surface area contributed by atoms with E-state index in [0.29, 0.717) is 5.75 Å². The van der Waals surface area contributed by atoms with Gasteiger partial charge in [0.2, 0.25) is 0 Å². The van der Waals surface area contributed by atoms with Crippen LogP contribution in [0.15, 0.2) is 11.6 Å². The summed E-state index contributed by atoms with van der Waals surface area (Å²) in [6, 6.07) is 0. The Morgan fingerprint density at radius 3 is 2.56 bits per heavy atom. The van der Waals surface area contributed by atoms with Crippen LogP contribution in [0.5, 0.6) is 0 Å². The molecule has 0 spiro atoms. The molecule has 1 atom stereocenters. The highest BCUT2D eigenvalue weighted by Crippen LogP contribution is 2.22. The molecule has 1 aliphatic carbocycles. The Labute approximate surface area is 100 Å². The number of allylic oxidation sites excluding steroid dienone is 1. The molecule has 1 saturated heterocycles. The lowest BCUT2D eigenvalue weighted by Gasteiger charge is -2.25. The lowest BCUT2D eigenvalue weighted by molar-refractivity contribution is 0.0753. The molecule has 0 aromatic heterocycles. The molecule has 1 saturated carbocycles. The molecule has 0 aromatic carbocycles. The van der Waals surface area contributed by atoms with E-state index >= 15 is 0 Å². The van der Waals surface area contributed by atoms with E-state index in [0.717, 1.165) is 26.3 Å². The summed E-state index contributed by atoms with van der Waals surface area (Å²) >= 11 is 0. The van der Waals surface area contributed by atoms with Gasteiger partial charge in [0.1, 0.15) is 0 Å². The molecule has 2 aliphatic rings. The van der Waals surface area contributed by atoms with Crippen LogP contribution in [0.4, 0.5) is 0 Å². The third kappa shape index (κ3) is 3.68. The number of morpholine rings is 1. The Bertz CT molecular complexity index is 264. The lowest BCUT2D eigenvalue weighted by atomic mass is 9.95. The summed E-state index contributed by atoms with van der Waals surface area (Å²) in [6.07, 6.45) is 8.65. The van der Waals surface area contributed by atoms with Crippen LogP contribution in [0.25, 0.3) is 0 Å². The van der Waals surface area contributed by atoms with Gasteiger partial charge in [-0.15, -0.1) is 0 Å². The van der Waals surface area contributed by atoms with Gasteiger partial charge in [0.05, 0.1) is 30.0 Å². The smallest absolute Gasteiger partial charge is 0.0983 e. The zero-order valence-corrected chi connectivity index (χ0v) is 10.6. The van der Waals surface area contributed by atoms with Crippen molar-refractivity contribution in [3.05, 3.63) is 11.6 Å². The van der Waals surface area contributed by atoms with Crippen molar-refractivity contribution in [3.8, 4) is 0 Å². The second-order valence-electron chi connectivity index (χ2n) is 4.45. The molecule has 0 bridgehead atoms. The average molecular weight is 243 g/mol. The normalized spacial score (nSPS) is 25.4. The first kappa shape index (κ1) is 12.3. The molecule has 4 heteroatoms. The van der Waals surface area contributed by atoms with Crippen molar-refractivity contribution in [3.63, 3.8) is 0 Å². The highest BCUT2D eigenvalue weighted by atomic mass is 32.2. The summed E-state index contributed by atoms with van der Waals surface area (Å²) in [5.41, 5.74) is 1.52. The summed E-state index contributed by atoms with van der Waals surface area (Å²) in [4.78, 5) is 0. The van der Waals surface area contributed by atoms with Crippen molar-refractivity contribution in [2.75, 3.05) is 32.1 Å². The van der Waals surface area contributed by atoms with Gasteiger partial charge < -0.3 is 4.74 Å². The number of nitrogens with zero attached hydrogens (tertiary/aromatic N) is 1. The third-order valence-corrected chi connectivity index (χ3v) is 4.66. The van der Waals surface area contributed by atoms with Gasteiger partial charge in [-0.05, 0) is 25.7 Å². The third-order valence-electron chi connectivity index (χ3n) is 3.27. The molecule has 2 rings (SSSR count). The molecule has 1 heterocycles. The fourth-order valence-corrected chi connectivity index (χ4v) is 3.40. The maximum Gasteiger partial charge on any atom is 0.0983 e. The summed E-state index contributed by atoms with van der Waals surface area (Å²) in [7, 11) is -0.831. The van der Waals surface area contributed by atoms with Gasteiger partial charge in [-0.2, -0.15) is 0 Å². The predicted octanol–water partition coefficient (Wildman–Crippen LogP) is 1.87. The molecule has 1 aliphatic heterocycles. The van der Waals surface area contributed by atoms with Crippen LogP contribution in [0.2, 0.25) is 0 Å². The van der Waals surface area contributed by atoms with E-state index < -0.39 is 11.0 Å². The molecule has 1 unspecified atom stereocenters. The number of hydrogen-bond acceptors (Lipinski definition) is 2. The summed E-state index contributed by atoms with van der Waals surface area (Å²) in [5.74, 6) is 0.704. The number of ether oxygens (including phenoxy) is 1. The van der Waals surface area contributed by atoms with Gasteiger partial charge in [0.25, 0.3) is 0 Å². The zero-order chi connectivity index (χ0) is 11.2. The molecular weight excluding hydrogens is 222 g/mol. The summed E-state index contributed by atoms with van der Waals surface area (Å²) in [5, 5.41) is 0. The first-order chi connectivity index (χ1) is 7.86. The van der Waals surface area contributed by atoms with Crippen LogP contribution in [0.3, 0.4) is 0 Å². The van der Waals surface area contributed by atoms with Gasteiger partial charge in [0.15, 0.2) is 0 Å². The van der Waals surface area contributed by atoms with Crippen LogP contribution in [0, 0.1) is 0 Å². The van der Waals surface area contributed by atoms with Crippen molar-refractivity contribution in [2.24, 2.45) is 0 Å². The highest BCUT2D eigenvalue weighted by molar-refractivity contribution is 7.82. The zero-order valence-electron chi connectivity index (χ0n) is 9.82. The quantitative estimate of drug-likeness (QED) is 0.708. The van der Waals surface area contributed by atoms with E-state index in [4.69, 9.17) is 4.74 Å². The van der Waals surface area contributed by atoms with Crippen LogP contribution in [0.1, 0.15) is 32.1 Å². The highest BCUT2D eigenvalue weighted by Gasteiger charge is 2.15. The van der Waals surface area contributed by atoms with Crippen molar-refractivity contribution in [2.45, 2.75) is 32.1 Å². The lowest BCUT2D eigenvalue weighted by Crippen LogP contribution is -2.38. The summed E-state index contributed by atoms with van der Waals surface area (Å²) < 4.78 is 19.3. The van der Waals surface area contributed by atoms with E-state index in [2.05, 4.69) is 6.08 Å². The monoisotopic (exact) mass is 243 g/mol. The predicted molar refractivity (Wildman–Crippen MR) is 66.6 cm³/mol. The Hall–Kier alpha value is -0.190. The molecule has 0 radical (unpaired) electrons. The average Bonchev–Trinajstić information content (AvgIpc) is 2.38. The van der Waals surface area contributed by atoms with Crippen molar-refractivity contribution >= 4 is 11.0 Å². The fraction of sp³-hybridized carbons (Fsp3) is 0.833. The van der Waals surface area contributed by atoms with Gasteiger partial charge in [-0.1, -0.05) is 18.1 Å². The molecule has 16 heavy (non-hydrogen) atoms. The maximum atomic E-state index is 12.0. The molecule has 0 amide bonds. The Kier molecular flexibility index (Phi) is 5.00. The fourth-order valence-electron chi connectivity index (χ4n) is 2.25. The van der Waals surface area contributed by atoms with E-state index in [1.165, 1.54) is 37.7 Å². The Balaban J connectivity index is 1.77. The van der Waals surface area contributed by atoms with E-state index in [-0.39, 0.29) is 0 Å². The molecule has 3 nitrogen and oxygen atoms in total. The molecule has 0 N–H and O–H groups in total. The molecule has 92 valence electrons. The molecule has 2 fully saturated rings.